The molecule has 0 aromatic heterocycles. The molecule has 6 aromatic carbocycles. The molecule has 0 radical (unpaired) electrons. The molecular formula is C63H69NO8. The Hall–Kier alpha value is -8.04. The number of fused-ring (bicyclic) bond motifs is 1. The van der Waals surface area contributed by atoms with E-state index in [9.17, 15) is 38.4 Å². The summed E-state index contributed by atoms with van der Waals surface area (Å²) in [5, 5.41) is 4.89. The zero-order valence-corrected chi connectivity index (χ0v) is 43.3. The average Bonchev–Trinajstić information content (AvgIpc) is 3.33. The molecule has 9 heteroatoms. The first-order chi connectivity index (χ1) is 34.3. The molecule has 0 atom stereocenters. The van der Waals surface area contributed by atoms with Gasteiger partial charge in [-0.25, -0.2) is 0 Å². The molecule has 9 nitrogen and oxygen atoms in total. The lowest BCUT2D eigenvalue weighted by molar-refractivity contribution is -0.127. The highest BCUT2D eigenvalue weighted by molar-refractivity contribution is 6.08. The van der Waals surface area contributed by atoms with Crippen LogP contribution in [0, 0.1) is 20.8 Å². The molecule has 374 valence electrons. The van der Waals surface area contributed by atoms with Crippen LogP contribution in [0.3, 0.4) is 0 Å². The van der Waals surface area contributed by atoms with Crippen molar-refractivity contribution in [2.24, 2.45) is 0 Å². The van der Waals surface area contributed by atoms with Gasteiger partial charge < -0.3 is 5.32 Å². The molecule has 0 aliphatic rings. The van der Waals surface area contributed by atoms with Gasteiger partial charge in [0.1, 0.15) is 23.1 Å². The number of ketones is 7. The third kappa shape index (κ3) is 26.6. The van der Waals surface area contributed by atoms with Crippen LogP contribution in [0.15, 0.2) is 170 Å². The van der Waals surface area contributed by atoms with Crippen molar-refractivity contribution in [2.45, 2.75) is 101 Å². The lowest BCUT2D eigenvalue weighted by Crippen LogP contribution is -2.08. The third-order valence-electron chi connectivity index (χ3n) is 10.3. The Morgan fingerprint density at radius 3 is 1.38 bits per heavy atom. The van der Waals surface area contributed by atoms with Crippen molar-refractivity contribution in [3.63, 3.8) is 0 Å². The Balaban J connectivity index is 0.000000313. The second-order valence-electron chi connectivity index (χ2n) is 17.2. The summed E-state index contributed by atoms with van der Waals surface area (Å²) in [5.74, 6) is -0.755. The Labute approximate surface area is 426 Å². The number of allylic oxidation sites excluding steroid dienone is 4. The molecule has 0 fully saturated rings. The van der Waals surface area contributed by atoms with E-state index < -0.39 is 0 Å². The van der Waals surface area contributed by atoms with Gasteiger partial charge in [0.05, 0.1) is 12.8 Å². The highest BCUT2D eigenvalue weighted by atomic mass is 16.2. The van der Waals surface area contributed by atoms with Gasteiger partial charge in [-0.1, -0.05) is 164 Å². The minimum atomic E-state index is -0.302. The zero-order chi connectivity index (χ0) is 53.4. The van der Waals surface area contributed by atoms with E-state index >= 15 is 0 Å². The van der Waals surface area contributed by atoms with Crippen LogP contribution in [0.4, 0.5) is 5.69 Å². The van der Waals surface area contributed by atoms with E-state index in [1.54, 1.807) is 0 Å². The fourth-order valence-corrected chi connectivity index (χ4v) is 6.61. The Morgan fingerprint density at radius 1 is 0.458 bits per heavy atom. The van der Waals surface area contributed by atoms with Crippen molar-refractivity contribution in [1.82, 2.24) is 0 Å². The smallest absolute Gasteiger partial charge is 0.248 e. The second-order valence-corrected chi connectivity index (χ2v) is 17.2. The van der Waals surface area contributed by atoms with Crippen molar-refractivity contribution in [2.75, 3.05) is 5.32 Å². The molecule has 6 rings (SSSR count). The molecule has 0 saturated carbocycles. The summed E-state index contributed by atoms with van der Waals surface area (Å²) in [7, 11) is 0. The maximum Gasteiger partial charge on any atom is 0.248 e. The number of rotatable bonds is 17. The average molecular weight is 968 g/mol. The number of aryl methyl sites for hydroxylation is 4. The predicted octanol–water partition coefficient (Wildman–Crippen LogP) is 12.6. The van der Waals surface area contributed by atoms with E-state index in [1.165, 1.54) is 74.3 Å². The fraction of sp³-hybridized carbons (Fsp3) is 0.238. The number of hydrogen-bond acceptors (Lipinski definition) is 8. The quantitative estimate of drug-likeness (QED) is 0.0701. The molecule has 0 spiro atoms. The number of benzene rings is 6. The van der Waals surface area contributed by atoms with Gasteiger partial charge in [-0.05, 0) is 125 Å². The SMILES string of the molecule is C/C=C/c1ccccc1.CC(=O)/C=C/C(=O)Cc1ccc(C)cc1.CC(=O)/C=C/C(=O)Nc1cccc2c(C)cccc12.CC(=O)CC(=O)Cc1ccc(C)cc1.CCc1ccc(CC(=O)CC(C)=O)cc1. The highest BCUT2D eigenvalue weighted by Crippen LogP contribution is 2.25. The first-order valence-corrected chi connectivity index (χ1v) is 23.9. The number of amides is 1. The van der Waals surface area contributed by atoms with Gasteiger partial charge >= 0.3 is 0 Å². The van der Waals surface area contributed by atoms with Crippen LogP contribution in [0.25, 0.3) is 16.8 Å². The van der Waals surface area contributed by atoms with E-state index in [4.69, 9.17) is 0 Å². The molecule has 0 aliphatic carbocycles. The summed E-state index contributed by atoms with van der Waals surface area (Å²) in [6.07, 6.45) is 11.4. The molecule has 0 aliphatic heterocycles. The van der Waals surface area contributed by atoms with Crippen molar-refractivity contribution >= 4 is 68.9 Å². The van der Waals surface area contributed by atoms with Crippen molar-refractivity contribution in [3.8, 4) is 0 Å². The van der Waals surface area contributed by atoms with Gasteiger partial charge in [-0.15, -0.1) is 0 Å². The lowest BCUT2D eigenvalue weighted by Gasteiger charge is -2.08. The van der Waals surface area contributed by atoms with E-state index in [-0.39, 0.29) is 59.2 Å². The van der Waals surface area contributed by atoms with Gasteiger partial charge in [0.2, 0.25) is 5.91 Å². The van der Waals surface area contributed by atoms with E-state index in [0.717, 1.165) is 45.1 Å². The van der Waals surface area contributed by atoms with Crippen LogP contribution in [0.2, 0.25) is 0 Å². The molecular weight excluding hydrogens is 899 g/mol. The fourth-order valence-electron chi connectivity index (χ4n) is 6.61. The van der Waals surface area contributed by atoms with Gasteiger partial charge in [-0.3, -0.25) is 38.4 Å². The van der Waals surface area contributed by atoms with Gasteiger partial charge in [-0.2, -0.15) is 0 Å². The zero-order valence-electron chi connectivity index (χ0n) is 43.3. The van der Waals surface area contributed by atoms with Gasteiger partial charge in [0.15, 0.2) is 17.3 Å². The molecule has 72 heavy (non-hydrogen) atoms. The summed E-state index contributed by atoms with van der Waals surface area (Å²) in [6.45, 7) is 15.9. The molecule has 0 heterocycles. The Kier molecular flexibility index (Phi) is 27.9. The number of nitrogens with one attached hydrogen (secondary N) is 1. The predicted molar refractivity (Wildman–Crippen MR) is 293 cm³/mol. The van der Waals surface area contributed by atoms with E-state index in [0.29, 0.717) is 19.3 Å². The Bertz CT molecular complexity index is 2810. The van der Waals surface area contributed by atoms with Crippen LogP contribution < -0.4 is 5.32 Å². The topological polar surface area (TPSA) is 149 Å². The van der Waals surface area contributed by atoms with E-state index in [1.807, 2.05) is 161 Å². The van der Waals surface area contributed by atoms with Gasteiger partial charge in [0.25, 0.3) is 0 Å². The van der Waals surface area contributed by atoms with Crippen molar-refractivity contribution in [1.29, 1.82) is 0 Å². The monoisotopic (exact) mass is 968 g/mol. The second kappa shape index (κ2) is 33.5. The summed E-state index contributed by atoms with van der Waals surface area (Å²) in [5.41, 5.74) is 9.71. The summed E-state index contributed by atoms with van der Waals surface area (Å²) in [4.78, 5) is 88.5. The standard InChI is InChI=1S/C16H15NO2.C13H14O2.C13H16O2.C12H14O2.C9H10/c1-11-5-3-7-14-13(11)6-4-8-15(14)17-16(19)10-9-12(2)18;1-10-3-6-12(7-4-10)9-13(15)8-5-11(2)14;1-3-11-4-6-12(7-5-11)9-13(15)8-10(2)14;1-9-3-5-11(6-4-9)8-12(14)7-10(2)13;1-2-6-9-7-4-3-5-8-9/h3-10H,1-2H3,(H,17,19);3-8H,9H2,1-2H3;4-7H,3,8-9H2,1-2H3;3-6H,7-8H2,1-2H3;2-8H,1H3/b10-9+;8-5+;;;6-2+. The van der Waals surface area contributed by atoms with Crippen LogP contribution in [-0.2, 0) is 64.0 Å². The maximum absolute atomic E-state index is 11.7. The molecule has 0 bridgehead atoms. The van der Waals surface area contributed by atoms with Crippen LogP contribution >= 0.6 is 0 Å². The molecule has 0 unspecified atom stereocenters. The number of hydrogen-bond donors (Lipinski definition) is 1. The third-order valence-corrected chi connectivity index (χ3v) is 10.3. The molecule has 0 saturated heterocycles. The number of anilines is 1. The summed E-state index contributed by atoms with van der Waals surface area (Å²) >= 11 is 0. The highest BCUT2D eigenvalue weighted by Gasteiger charge is 2.08. The Morgan fingerprint density at radius 2 is 0.903 bits per heavy atom. The van der Waals surface area contributed by atoms with Gasteiger partial charge in [0, 0.05) is 36.4 Å². The number of carbonyl (C=O) groups excluding carboxylic acids is 8. The molecule has 1 amide bonds. The molecule has 6 aromatic rings. The minimum absolute atomic E-state index is 0.00764. The molecule has 1 N–H and O–H groups in total. The maximum atomic E-state index is 11.7. The lowest BCUT2D eigenvalue weighted by atomic mass is 10.0. The number of Topliss-reactive ketones (excluding diaryl/α,β-unsaturated/α-hetero) is 4. The summed E-state index contributed by atoms with van der Waals surface area (Å²) < 4.78 is 0. The van der Waals surface area contributed by atoms with Crippen LogP contribution in [0.1, 0.15) is 98.9 Å². The normalized spacial score (nSPS) is 10.3. The van der Waals surface area contributed by atoms with Crippen molar-refractivity contribution in [3.05, 3.63) is 214 Å². The van der Waals surface area contributed by atoms with Crippen LogP contribution in [0.5, 0.6) is 0 Å². The number of carbonyl (C=O) groups is 8. The summed E-state index contributed by atoms with van der Waals surface area (Å²) in [6, 6.07) is 45.5. The first-order valence-electron chi connectivity index (χ1n) is 23.9. The van der Waals surface area contributed by atoms with E-state index in [2.05, 4.69) is 30.4 Å². The van der Waals surface area contributed by atoms with Crippen molar-refractivity contribution < 1.29 is 38.4 Å². The largest absolute Gasteiger partial charge is 0.322 e. The first kappa shape index (κ1) is 60.1. The van der Waals surface area contributed by atoms with Crippen LogP contribution in [-0.4, -0.2) is 46.4 Å². The minimum Gasteiger partial charge on any atom is -0.322 e.